The van der Waals surface area contributed by atoms with Crippen molar-refractivity contribution in [2.24, 2.45) is 5.50 Å². The number of benzene rings is 1. The Kier molecular flexibility index (Phi) is 7.23. The molecule has 0 bridgehead atoms. The maximum Gasteiger partial charge on any atom is 0.341 e. The predicted octanol–water partition coefficient (Wildman–Crippen LogP) is 3.05. The summed E-state index contributed by atoms with van der Waals surface area (Å²) in [6.07, 6.45) is 0. The predicted molar refractivity (Wildman–Crippen MR) is 76.0 cm³/mol. The number of halogens is 2. The molecule has 2 N–H and O–H groups in total. The van der Waals surface area contributed by atoms with Crippen molar-refractivity contribution in [3.63, 3.8) is 0 Å². The Balaban J connectivity index is 2.59. The minimum Gasteiger partial charge on any atom is -0.301 e. The number of nitrogens with zero attached hydrogens (tertiary/aromatic N) is 1. The standard InChI is InChI=1S/C11H17Cl2N2O2P/c12-6-8-15(9-7-13)18(14,16)17-10-11-4-2-1-3-5-11/h1-5H,6-10H2,(H2,14,16)/i15+1. The maximum atomic E-state index is 12.2. The van der Waals surface area contributed by atoms with Crippen molar-refractivity contribution in [2.75, 3.05) is 24.8 Å². The zero-order valence-electron chi connectivity index (χ0n) is 9.97. The van der Waals surface area contributed by atoms with E-state index in [1.165, 1.54) is 4.67 Å². The van der Waals surface area contributed by atoms with E-state index in [-0.39, 0.29) is 6.61 Å². The van der Waals surface area contributed by atoms with E-state index in [4.69, 9.17) is 33.2 Å². The highest BCUT2D eigenvalue weighted by Crippen LogP contribution is 2.43. The van der Waals surface area contributed by atoms with E-state index in [9.17, 15) is 4.57 Å². The summed E-state index contributed by atoms with van der Waals surface area (Å²) in [6.45, 7) is 0.976. The fraction of sp³-hybridized carbons (Fsp3) is 0.455. The molecule has 0 aliphatic carbocycles. The average Bonchev–Trinajstić information content (AvgIpc) is 2.37. The first-order valence-corrected chi connectivity index (χ1v) is 8.26. The quantitative estimate of drug-likeness (QED) is 0.455. The van der Waals surface area contributed by atoms with Gasteiger partial charge in [-0.25, -0.2) is 10.2 Å². The molecule has 102 valence electrons. The van der Waals surface area contributed by atoms with Crippen LogP contribution in [0.3, 0.4) is 0 Å². The summed E-state index contributed by atoms with van der Waals surface area (Å²) < 4.78 is 19.1. The van der Waals surface area contributed by atoms with E-state index in [1.54, 1.807) is 0 Å². The van der Waals surface area contributed by atoms with Crippen LogP contribution in [0, 0.1) is 0 Å². The lowest BCUT2D eigenvalue weighted by atomic mass is 10.2. The Bertz CT molecular complexity index is 386. The van der Waals surface area contributed by atoms with Gasteiger partial charge in [-0.15, -0.1) is 23.2 Å². The molecule has 0 aliphatic heterocycles. The second kappa shape index (κ2) is 8.16. The molecule has 0 radical (unpaired) electrons. The largest absolute Gasteiger partial charge is 0.341 e. The van der Waals surface area contributed by atoms with Gasteiger partial charge in [-0.3, -0.25) is 4.57 Å². The molecule has 0 amide bonds. The summed E-state index contributed by atoms with van der Waals surface area (Å²) in [7, 11) is -3.34. The van der Waals surface area contributed by atoms with Crippen molar-refractivity contribution in [3.05, 3.63) is 35.9 Å². The molecule has 0 fully saturated rings. The second-order valence-corrected chi connectivity index (χ2v) is 6.36. The Morgan fingerprint density at radius 3 is 2.22 bits per heavy atom. The molecule has 0 saturated heterocycles. The Morgan fingerprint density at radius 2 is 1.72 bits per heavy atom. The first kappa shape index (κ1) is 16.0. The van der Waals surface area contributed by atoms with Crippen LogP contribution < -0.4 is 5.50 Å². The van der Waals surface area contributed by atoms with E-state index in [2.05, 4.69) is 0 Å². The first-order valence-electron chi connectivity index (χ1n) is 5.54. The second-order valence-electron chi connectivity index (χ2n) is 3.65. The molecule has 1 rings (SSSR count). The van der Waals surface area contributed by atoms with Crippen LogP contribution in [-0.2, 0) is 15.7 Å². The number of alkyl halides is 2. The monoisotopic (exact) mass is 311 g/mol. The van der Waals surface area contributed by atoms with Gasteiger partial charge in [0, 0.05) is 24.8 Å². The van der Waals surface area contributed by atoms with Gasteiger partial charge in [-0.1, -0.05) is 30.3 Å². The van der Waals surface area contributed by atoms with Crippen LogP contribution in [0.5, 0.6) is 0 Å². The van der Waals surface area contributed by atoms with E-state index in [1.807, 2.05) is 30.3 Å². The van der Waals surface area contributed by atoms with Crippen molar-refractivity contribution in [1.82, 2.24) is 4.67 Å². The van der Waals surface area contributed by atoms with Crippen LogP contribution >= 0.6 is 30.9 Å². The van der Waals surface area contributed by atoms with Gasteiger partial charge in [0.1, 0.15) is 0 Å². The third-order valence-corrected chi connectivity index (χ3v) is 4.36. The molecule has 0 aliphatic rings. The van der Waals surface area contributed by atoms with Crippen molar-refractivity contribution in [3.8, 4) is 0 Å². The molecular weight excluding hydrogens is 295 g/mol. The molecule has 0 saturated carbocycles. The summed E-state index contributed by atoms with van der Waals surface area (Å²) in [5.41, 5.74) is 6.64. The fourth-order valence-corrected chi connectivity index (χ4v) is 3.31. The van der Waals surface area contributed by atoms with Crippen LogP contribution in [-0.4, -0.2) is 29.5 Å². The summed E-state index contributed by atoms with van der Waals surface area (Å²) in [5, 5.41) is 0. The van der Waals surface area contributed by atoms with E-state index in [0.717, 1.165) is 5.56 Å². The average molecular weight is 312 g/mol. The molecule has 0 spiro atoms. The summed E-state index contributed by atoms with van der Waals surface area (Å²) in [5.74, 6) is 0.652. The van der Waals surface area contributed by atoms with E-state index >= 15 is 0 Å². The van der Waals surface area contributed by atoms with Crippen LogP contribution in [0.15, 0.2) is 30.3 Å². The molecule has 4 nitrogen and oxygen atoms in total. The number of hydrogen-bond acceptors (Lipinski definition) is 2. The van der Waals surface area contributed by atoms with Crippen molar-refractivity contribution >= 4 is 30.9 Å². The molecule has 0 aromatic heterocycles. The SMILES string of the molecule is NP(=O)(OCc1ccccc1)[15N](CCCl)CCCl. The van der Waals surface area contributed by atoms with Crippen LogP contribution in [0.2, 0.25) is 0 Å². The molecule has 1 unspecified atom stereocenters. The van der Waals surface area contributed by atoms with Gasteiger partial charge in [0.05, 0.1) is 6.61 Å². The zero-order chi connectivity index (χ0) is 13.4. The van der Waals surface area contributed by atoms with Gasteiger partial charge in [-0.2, -0.15) is 0 Å². The van der Waals surface area contributed by atoms with Crippen molar-refractivity contribution in [2.45, 2.75) is 6.61 Å². The zero-order valence-corrected chi connectivity index (χ0v) is 12.4. The molecule has 18 heavy (non-hydrogen) atoms. The van der Waals surface area contributed by atoms with Gasteiger partial charge < -0.3 is 4.52 Å². The highest BCUT2D eigenvalue weighted by Gasteiger charge is 2.26. The highest BCUT2D eigenvalue weighted by molar-refractivity contribution is 7.53. The van der Waals surface area contributed by atoms with E-state index in [0.29, 0.717) is 24.8 Å². The van der Waals surface area contributed by atoms with Gasteiger partial charge in [0.25, 0.3) is 0 Å². The highest BCUT2D eigenvalue weighted by atomic mass is 35.5. The Labute approximate surface area is 118 Å². The fourth-order valence-electron chi connectivity index (χ4n) is 1.41. The lowest BCUT2D eigenvalue weighted by molar-refractivity contribution is 0.257. The molecule has 1 aromatic carbocycles. The summed E-state index contributed by atoms with van der Waals surface area (Å²) >= 11 is 11.3. The topological polar surface area (TPSA) is 55.6 Å². The number of rotatable bonds is 8. The summed E-state index contributed by atoms with van der Waals surface area (Å²) in [6, 6.07) is 9.44. The lowest BCUT2D eigenvalue weighted by Gasteiger charge is -2.26. The minimum absolute atomic E-state index is 0.204. The minimum atomic E-state index is -3.34. The normalized spacial score (nSPS) is 14.7. The number of hydrogen-bond donors (Lipinski definition) is 1. The van der Waals surface area contributed by atoms with Gasteiger partial charge in [0.15, 0.2) is 0 Å². The molecule has 7 heteroatoms. The van der Waals surface area contributed by atoms with Crippen LogP contribution in [0.25, 0.3) is 0 Å². The first-order chi connectivity index (χ1) is 8.60. The third kappa shape index (κ3) is 5.27. The molecule has 1 atom stereocenters. The molecule has 0 heterocycles. The summed E-state index contributed by atoms with van der Waals surface area (Å²) in [4.78, 5) is 0. The number of nitrogens with two attached hydrogens (primary N) is 1. The lowest BCUT2D eigenvalue weighted by Crippen LogP contribution is -2.29. The Morgan fingerprint density at radius 1 is 1.17 bits per heavy atom. The van der Waals surface area contributed by atoms with E-state index < -0.39 is 7.67 Å². The van der Waals surface area contributed by atoms with Gasteiger partial charge in [0.2, 0.25) is 0 Å². The van der Waals surface area contributed by atoms with Gasteiger partial charge >= 0.3 is 7.67 Å². The van der Waals surface area contributed by atoms with Crippen molar-refractivity contribution in [1.29, 1.82) is 0 Å². The third-order valence-electron chi connectivity index (χ3n) is 2.34. The maximum absolute atomic E-state index is 12.2. The van der Waals surface area contributed by atoms with Gasteiger partial charge in [-0.05, 0) is 5.56 Å². The Hall–Kier alpha value is -0.0900. The molecular formula is C11H17Cl2N2O2P. The smallest absolute Gasteiger partial charge is 0.301 e. The molecule has 1 aromatic rings. The van der Waals surface area contributed by atoms with Crippen LogP contribution in [0.4, 0.5) is 0 Å². The van der Waals surface area contributed by atoms with Crippen LogP contribution in [0.1, 0.15) is 5.56 Å². The van der Waals surface area contributed by atoms with Crippen molar-refractivity contribution < 1.29 is 9.09 Å².